The molecular weight excluding hydrogens is 376 g/mol. The summed E-state index contributed by atoms with van der Waals surface area (Å²) in [4.78, 5) is 22.9. The highest BCUT2D eigenvalue weighted by molar-refractivity contribution is 7.22. The molecule has 5 nitrogen and oxygen atoms in total. The van der Waals surface area contributed by atoms with Gasteiger partial charge in [0.1, 0.15) is 9.88 Å². The summed E-state index contributed by atoms with van der Waals surface area (Å²) in [6.07, 6.45) is 5.52. The van der Waals surface area contributed by atoms with Crippen molar-refractivity contribution in [1.29, 1.82) is 0 Å². The number of hydrogen-bond acceptors (Lipinski definition) is 5. The molecule has 3 aromatic heterocycles. The Kier molecular flexibility index (Phi) is 5.13. The van der Waals surface area contributed by atoms with E-state index in [2.05, 4.69) is 27.4 Å². The molecule has 136 valence electrons. The van der Waals surface area contributed by atoms with Crippen molar-refractivity contribution in [3.8, 4) is 9.88 Å². The lowest BCUT2D eigenvalue weighted by Gasteiger charge is -2.06. The highest BCUT2D eigenvalue weighted by Gasteiger charge is 2.16. The zero-order valence-corrected chi connectivity index (χ0v) is 16.4. The van der Waals surface area contributed by atoms with Crippen molar-refractivity contribution in [3.63, 3.8) is 0 Å². The van der Waals surface area contributed by atoms with Crippen LogP contribution in [0.4, 0.5) is 0 Å². The van der Waals surface area contributed by atoms with E-state index in [-0.39, 0.29) is 5.91 Å². The molecule has 27 heavy (non-hydrogen) atoms. The van der Waals surface area contributed by atoms with Crippen LogP contribution < -0.4 is 5.32 Å². The van der Waals surface area contributed by atoms with Gasteiger partial charge in [0.05, 0.1) is 16.9 Å². The van der Waals surface area contributed by atoms with E-state index in [9.17, 15) is 4.79 Å². The molecule has 4 rings (SSSR count). The van der Waals surface area contributed by atoms with Crippen LogP contribution in [0.15, 0.2) is 60.5 Å². The lowest BCUT2D eigenvalue weighted by atomic mass is 10.1. The van der Waals surface area contributed by atoms with E-state index in [4.69, 9.17) is 0 Å². The van der Waals surface area contributed by atoms with Crippen LogP contribution in [0.2, 0.25) is 0 Å². The van der Waals surface area contributed by atoms with Crippen molar-refractivity contribution < 1.29 is 4.79 Å². The number of thiazole rings is 1. The zero-order valence-electron chi connectivity index (χ0n) is 14.8. The molecule has 0 unspecified atom stereocenters. The summed E-state index contributed by atoms with van der Waals surface area (Å²) < 4.78 is 2.02. The van der Waals surface area contributed by atoms with Crippen molar-refractivity contribution in [2.75, 3.05) is 0 Å². The Labute approximate surface area is 165 Å². The molecule has 0 fully saturated rings. The van der Waals surface area contributed by atoms with Gasteiger partial charge >= 0.3 is 0 Å². The van der Waals surface area contributed by atoms with Crippen LogP contribution in [0.3, 0.4) is 0 Å². The maximum Gasteiger partial charge on any atom is 0.263 e. The number of rotatable bonds is 6. The van der Waals surface area contributed by atoms with Gasteiger partial charge in [-0.15, -0.1) is 22.7 Å². The summed E-state index contributed by atoms with van der Waals surface area (Å²) in [5.74, 6) is -0.0738. The minimum absolute atomic E-state index is 0.0738. The summed E-state index contributed by atoms with van der Waals surface area (Å²) in [6.45, 7) is 3.17. The average molecular weight is 395 g/mol. The van der Waals surface area contributed by atoms with Gasteiger partial charge in [0, 0.05) is 25.5 Å². The van der Waals surface area contributed by atoms with Gasteiger partial charge in [-0.05, 0) is 29.5 Å². The van der Waals surface area contributed by atoms with E-state index in [1.54, 1.807) is 23.9 Å². The monoisotopic (exact) mass is 394 g/mol. The number of thiophene rings is 1. The molecule has 0 saturated heterocycles. The zero-order chi connectivity index (χ0) is 18.6. The highest BCUT2D eigenvalue weighted by Crippen LogP contribution is 2.31. The first-order valence-electron chi connectivity index (χ1n) is 8.52. The van der Waals surface area contributed by atoms with E-state index in [0.29, 0.717) is 11.4 Å². The predicted octanol–water partition coefficient (Wildman–Crippen LogP) is 4.35. The topological polar surface area (TPSA) is 59.8 Å². The molecule has 4 aromatic rings. The molecule has 0 aliphatic heterocycles. The molecule has 0 radical (unpaired) electrons. The van der Waals surface area contributed by atoms with E-state index >= 15 is 0 Å². The maximum atomic E-state index is 12.6. The highest BCUT2D eigenvalue weighted by atomic mass is 32.1. The Morgan fingerprint density at radius 3 is 2.70 bits per heavy atom. The molecule has 1 amide bonds. The number of amides is 1. The summed E-state index contributed by atoms with van der Waals surface area (Å²) in [5, 5.41) is 5.92. The van der Waals surface area contributed by atoms with E-state index in [0.717, 1.165) is 27.7 Å². The number of nitrogens with zero attached hydrogens (tertiary/aromatic N) is 3. The molecule has 0 atom stereocenters. The largest absolute Gasteiger partial charge is 0.347 e. The second-order valence-electron chi connectivity index (χ2n) is 6.15. The molecule has 7 heteroatoms. The molecule has 0 aliphatic carbocycles. The van der Waals surface area contributed by atoms with Crippen LogP contribution in [-0.4, -0.2) is 20.4 Å². The molecule has 3 heterocycles. The smallest absolute Gasteiger partial charge is 0.263 e. The quantitative estimate of drug-likeness (QED) is 0.529. The molecular formula is C20H18N4OS2. The Hall–Kier alpha value is -2.77. The van der Waals surface area contributed by atoms with Gasteiger partial charge in [-0.25, -0.2) is 9.97 Å². The third-order valence-electron chi connectivity index (χ3n) is 4.14. The average Bonchev–Trinajstić information content (AvgIpc) is 3.42. The van der Waals surface area contributed by atoms with Crippen molar-refractivity contribution in [2.45, 2.75) is 20.0 Å². The summed E-state index contributed by atoms with van der Waals surface area (Å²) >= 11 is 3.08. The van der Waals surface area contributed by atoms with Gasteiger partial charge in [-0.3, -0.25) is 4.79 Å². The van der Waals surface area contributed by atoms with Gasteiger partial charge < -0.3 is 9.88 Å². The predicted molar refractivity (Wildman–Crippen MR) is 109 cm³/mol. The standard InChI is InChI=1S/C20H18N4OS2/c1-14-18(27-20(23-14)17-3-2-10-26-17)19(25)22-11-15-4-6-16(7-5-15)12-24-9-8-21-13-24/h2-10,13H,11-12H2,1H3,(H,22,25). The van der Waals surface area contributed by atoms with E-state index in [1.807, 2.05) is 47.3 Å². The number of nitrogens with one attached hydrogen (secondary N) is 1. The Morgan fingerprint density at radius 1 is 1.19 bits per heavy atom. The number of hydrogen-bond donors (Lipinski definition) is 1. The summed E-state index contributed by atoms with van der Waals surface area (Å²) in [6, 6.07) is 12.3. The number of aromatic nitrogens is 3. The van der Waals surface area contributed by atoms with Crippen LogP contribution in [0.25, 0.3) is 9.88 Å². The Balaban J connectivity index is 1.38. The number of carbonyl (C=O) groups excluding carboxylic acids is 1. The Morgan fingerprint density at radius 2 is 2.00 bits per heavy atom. The van der Waals surface area contributed by atoms with Crippen molar-refractivity contribution >= 4 is 28.6 Å². The lowest BCUT2D eigenvalue weighted by Crippen LogP contribution is -2.22. The maximum absolute atomic E-state index is 12.6. The fourth-order valence-electron chi connectivity index (χ4n) is 2.73. The van der Waals surface area contributed by atoms with Gasteiger partial charge in [-0.1, -0.05) is 30.3 Å². The van der Waals surface area contributed by atoms with Gasteiger partial charge in [-0.2, -0.15) is 0 Å². The third kappa shape index (κ3) is 4.15. The van der Waals surface area contributed by atoms with Gasteiger partial charge in [0.2, 0.25) is 0 Å². The SMILES string of the molecule is Cc1nc(-c2cccs2)sc1C(=O)NCc1ccc(Cn2ccnc2)cc1. The van der Waals surface area contributed by atoms with Crippen LogP contribution in [0.5, 0.6) is 0 Å². The van der Waals surface area contributed by atoms with E-state index < -0.39 is 0 Å². The van der Waals surface area contributed by atoms with E-state index in [1.165, 1.54) is 16.9 Å². The minimum atomic E-state index is -0.0738. The number of aryl methyl sites for hydroxylation is 1. The van der Waals surface area contributed by atoms with Crippen molar-refractivity contribution in [3.05, 3.63) is 82.2 Å². The fraction of sp³-hybridized carbons (Fsp3) is 0.150. The summed E-state index contributed by atoms with van der Waals surface area (Å²) in [7, 11) is 0. The molecule has 0 spiro atoms. The van der Waals surface area contributed by atoms with Crippen molar-refractivity contribution in [2.24, 2.45) is 0 Å². The molecule has 0 saturated carbocycles. The third-order valence-corrected chi connectivity index (χ3v) is 6.33. The van der Waals surface area contributed by atoms with Crippen molar-refractivity contribution in [1.82, 2.24) is 19.9 Å². The first-order chi connectivity index (χ1) is 13.2. The van der Waals surface area contributed by atoms with Crippen LogP contribution in [0.1, 0.15) is 26.5 Å². The first kappa shape index (κ1) is 17.6. The fourth-order valence-corrected chi connectivity index (χ4v) is 4.51. The molecule has 0 aliphatic rings. The Bertz CT molecular complexity index is 1020. The number of carbonyl (C=O) groups is 1. The first-order valence-corrected chi connectivity index (χ1v) is 10.2. The molecule has 1 N–H and O–H groups in total. The lowest BCUT2D eigenvalue weighted by molar-refractivity contribution is 0.0954. The van der Waals surface area contributed by atoms with Gasteiger partial charge in [0.25, 0.3) is 5.91 Å². The normalized spacial score (nSPS) is 10.9. The second-order valence-corrected chi connectivity index (χ2v) is 8.09. The number of imidazole rings is 1. The van der Waals surface area contributed by atoms with Gasteiger partial charge in [0.15, 0.2) is 0 Å². The number of benzene rings is 1. The van der Waals surface area contributed by atoms with Crippen LogP contribution >= 0.6 is 22.7 Å². The van der Waals surface area contributed by atoms with Crippen LogP contribution in [0, 0.1) is 6.92 Å². The minimum Gasteiger partial charge on any atom is -0.347 e. The van der Waals surface area contributed by atoms with Crippen LogP contribution in [-0.2, 0) is 13.1 Å². The summed E-state index contributed by atoms with van der Waals surface area (Å²) in [5.41, 5.74) is 3.04. The second kappa shape index (κ2) is 7.85. The molecule has 1 aromatic carbocycles. The molecule has 0 bridgehead atoms.